The van der Waals surface area contributed by atoms with Crippen molar-refractivity contribution in [3.63, 3.8) is 0 Å². The summed E-state index contributed by atoms with van der Waals surface area (Å²) >= 11 is 0. The van der Waals surface area contributed by atoms with E-state index in [1.807, 2.05) is 32.0 Å². The number of pyridine rings is 1. The maximum Gasteiger partial charge on any atom is 0.388 e. The van der Waals surface area contributed by atoms with E-state index >= 15 is 0 Å². The average molecular weight is 462 g/mol. The van der Waals surface area contributed by atoms with Crippen molar-refractivity contribution in [2.45, 2.75) is 44.8 Å². The van der Waals surface area contributed by atoms with Crippen LogP contribution in [-0.4, -0.2) is 59.2 Å². The molecule has 0 aliphatic carbocycles. The molecule has 1 fully saturated rings. The lowest BCUT2D eigenvalue weighted by Crippen LogP contribution is -2.68. The Balaban J connectivity index is 1.99. The van der Waals surface area contributed by atoms with Crippen LogP contribution >= 0.6 is 0 Å². The summed E-state index contributed by atoms with van der Waals surface area (Å²) in [7, 11) is 0. The number of aryl methyl sites for hydroxylation is 1. The maximum absolute atomic E-state index is 13.6. The number of nitrogens with two attached hydrogens (primary N) is 1. The molecule has 1 aromatic heterocycles. The lowest BCUT2D eigenvalue weighted by molar-refractivity contribution is -0.145. The second kappa shape index (κ2) is 9.80. The molecule has 0 radical (unpaired) electrons. The molecule has 4 N–H and O–H groups in total. The van der Waals surface area contributed by atoms with Gasteiger partial charge in [-0.3, -0.25) is 9.59 Å². The third-order valence-corrected chi connectivity index (χ3v) is 5.73. The highest BCUT2D eigenvalue weighted by molar-refractivity contribution is 6.03. The predicted octanol–water partition coefficient (Wildman–Crippen LogP) is 2.15. The SMILES string of the molecule is Cc1ccc(NC(=O)C2(c3ccccc3C(C)C)CN(C(=O)[C@@H](N)CO)C2)c(OC(F)F)n1. The predicted molar refractivity (Wildman–Crippen MR) is 118 cm³/mol. The van der Waals surface area contributed by atoms with Gasteiger partial charge in [0.2, 0.25) is 17.7 Å². The van der Waals surface area contributed by atoms with E-state index in [1.54, 1.807) is 19.1 Å². The molecule has 2 aromatic rings. The summed E-state index contributed by atoms with van der Waals surface area (Å²) in [6.07, 6.45) is 0. The smallest absolute Gasteiger partial charge is 0.388 e. The number of aliphatic hydroxyl groups is 1. The molecule has 10 heteroatoms. The zero-order chi connectivity index (χ0) is 24.3. The maximum atomic E-state index is 13.6. The second-order valence-electron chi connectivity index (χ2n) is 8.45. The first-order chi connectivity index (χ1) is 15.6. The molecule has 1 aliphatic rings. The van der Waals surface area contributed by atoms with Crippen LogP contribution in [0.1, 0.15) is 36.6 Å². The monoisotopic (exact) mass is 462 g/mol. The molecule has 0 saturated carbocycles. The quantitative estimate of drug-likeness (QED) is 0.553. The highest BCUT2D eigenvalue weighted by Crippen LogP contribution is 2.40. The van der Waals surface area contributed by atoms with E-state index in [0.29, 0.717) is 5.69 Å². The van der Waals surface area contributed by atoms with Crippen molar-refractivity contribution in [3.8, 4) is 5.88 Å². The first kappa shape index (κ1) is 24.5. The molecule has 8 nitrogen and oxygen atoms in total. The highest BCUT2D eigenvalue weighted by atomic mass is 19.3. The molecule has 0 unspecified atom stereocenters. The van der Waals surface area contributed by atoms with Crippen LogP contribution in [0.4, 0.5) is 14.5 Å². The lowest BCUT2D eigenvalue weighted by atomic mass is 9.69. The number of nitrogens with one attached hydrogen (secondary N) is 1. The summed E-state index contributed by atoms with van der Waals surface area (Å²) in [6.45, 7) is 2.03. The Morgan fingerprint density at radius 1 is 1.24 bits per heavy atom. The number of anilines is 1. The van der Waals surface area contributed by atoms with Gasteiger partial charge in [-0.25, -0.2) is 4.98 Å². The number of halogens is 2. The van der Waals surface area contributed by atoms with Crippen molar-refractivity contribution in [2.75, 3.05) is 25.0 Å². The van der Waals surface area contributed by atoms with Gasteiger partial charge < -0.3 is 25.8 Å². The number of carbonyl (C=O) groups excluding carboxylic acids is 2. The van der Waals surface area contributed by atoms with E-state index in [0.717, 1.165) is 11.1 Å². The Hall–Kier alpha value is -3.11. The number of amides is 2. The summed E-state index contributed by atoms with van der Waals surface area (Å²) in [5.74, 6) is -1.25. The zero-order valence-electron chi connectivity index (χ0n) is 18.7. The minimum absolute atomic E-state index is 0.00383. The molecule has 33 heavy (non-hydrogen) atoms. The largest absolute Gasteiger partial charge is 0.415 e. The topological polar surface area (TPSA) is 118 Å². The number of alkyl halides is 2. The van der Waals surface area contributed by atoms with Gasteiger partial charge in [0.1, 0.15) is 17.1 Å². The van der Waals surface area contributed by atoms with Crippen molar-refractivity contribution in [2.24, 2.45) is 5.73 Å². The Kier molecular flexibility index (Phi) is 7.28. The molecule has 3 rings (SSSR count). The van der Waals surface area contributed by atoms with Gasteiger partial charge in [-0.15, -0.1) is 0 Å². The van der Waals surface area contributed by atoms with Gasteiger partial charge in [-0.2, -0.15) is 8.78 Å². The first-order valence-electron chi connectivity index (χ1n) is 10.6. The first-order valence-corrected chi connectivity index (χ1v) is 10.6. The number of nitrogens with zero attached hydrogens (tertiary/aromatic N) is 2. The number of carbonyl (C=O) groups is 2. The van der Waals surface area contributed by atoms with Crippen molar-refractivity contribution in [3.05, 3.63) is 53.2 Å². The van der Waals surface area contributed by atoms with Crippen molar-refractivity contribution in [1.29, 1.82) is 0 Å². The van der Waals surface area contributed by atoms with Gasteiger partial charge in [0.05, 0.1) is 6.61 Å². The van der Waals surface area contributed by atoms with Crippen molar-refractivity contribution >= 4 is 17.5 Å². The van der Waals surface area contributed by atoms with E-state index in [4.69, 9.17) is 5.73 Å². The van der Waals surface area contributed by atoms with E-state index in [2.05, 4.69) is 15.0 Å². The van der Waals surface area contributed by atoms with Crippen LogP contribution in [0.3, 0.4) is 0 Å². The van der Waals surface area contributed by atoms with Gasteiger partial charge in [0.25, 0.3) is 0 Å². The number of rotatable bonds is 8. The normalized spacial score (nSPS) is 15.8. The van der Waals surface area contributed by atoms with Gasteiger partial charge in [-0.05, 0) is 36.1 Å². The van der Waals surface area contributed by atoms with Gasteiger partial charge >= 0.3 is 6.61 Å². The molecular formula is C23H28F2N4O4. The minimum atomic E-state index is -3.11. The molecule has 1 atom stereocenters. The van der Waals surface area contributed by atoms with E-state index < -0.39 is 36.5 Å². The van der Waals surface area contributed by atoms with Gasteiger partial charge in [0, 0.05) is 18.8 Å². The third-order valence-electron chi connectivity index (χ3n) is 5.73. The van der Waals surface area contributed by atoms with Gasteiger partial charge in [0.15, 0.2) is 0 Å². The fourth-order valence-corrected chi connectivity index (χ4v) is 3.99. The summed E-state index contributed by atoms with van der Waals surface area (Å²) in [4.78, 5) is 31.5. The van der Waals surface area contributed by atoms with Crippen molar-refractivity contribution in [1.82, 2.24) is 9.88 Å². The molecular weight excluding hydrogens is 434 g/mol. The molecule has 2 amide bonds. The number of likely N-dealkylation sites (tertiary alicyclic amines) is 1. The standard InChI is InChI=1S/C23H28F2N4O4/c1-13(2)15-6-4-5-7-16(15)23(11-29(12-23)20(31)17(26)10-30)21(32)28-18-9-8-14(3)27-19(18)33-22(24)25/h4-9,13,17,22,30H,10-12,26H2,1-3H3,(H,28,32)/t17-/m0/s1. The summed E-state index contributed by atoms with van der Waals surface area (Å²) in [6, 6.07) is 9.34. The number of benzene rings is 1. The average Bonchev–Trinajstić information content (AvgIpc) is 2.74. The number of aromatic nitrogens is 1. The van der Waals surface area contributed by atoms with E-state index in [-0.39, 0.29) is 30.6 Å². The highest BCUT2D eigenvalue weighted by Gasteiger charge is 2.54. The molecule has 2 heterocycles. The molecule has 0 bridgehead atoms. The summed E-state index contributed by atoms with van der Waals surface area (Å²) in [5, 5.41) is 11.9. The lowest BCUT2D eigenvalue weighted by Gasteiger charge is -2.50. The fourth-order valence-electron chi connectivity index (χ4n) is 3.99. The third kappa shape index (κ3) is 4.96. The summed E-state index contributed by atoms with van der Waals surface area (Å²) < 4.78 is 30.3. The van der Waals surface area contributed by atoms with E-state index in [1.165, 1.54) is 11.0 Å². The zero-order valence-corrected chi connectivity index (χ0v) is 18.7. The Morgan fingerprint density at radius 2 is 1.91 bits per heavy atom. The summed E-state index contributed by atoms with van der Waals surface area (Å²) in [5.41, 5.74) is 6.64. The fraction of sp³-hybridized carbons (Fsp3) is 0.435. The number of hydrogen-bond donors (Lipinski definition) is 3. The van der Waals surface area contributed by atoms with Crippen LogP contribution in [0.25, 0.3) is 0 Å². The van der Waals surface area contributed by atoms with Crippen LogP contribution in [0.2, 0.25) is 0 Å². The van der Waals surface area contributed by atoms with Gasteiger partial charge in [-0.1, -0.05) is 38.1 Å². The van der Waals surface area contributed by atoms with Crippen LogP contribution < -0.4 is 15.8 Å². The molecule has 1 saturated heterocycles. The molecule has 0 spiro atoms. The Labute approximate surface area is 190 Å². The van der Waals surface area contributed by atoms with Crippen LogP contribution in [0, 0.1) is 6.92 Å². The second-order valence-corrected chi connectivity index (χ2v) is 8.45. The van der Waals surface area contributed by atoms with E-state index in [9.17, 15) is 23.5 Å². The van der Waals surface area contributed by atoms with Crippen LogP contribution in [-0.2, 0) is 15.0 Å². The minimum Gasteiger partial charge on any atom is -0.415 e. The number of aliphatic hydroxyl groups excluding tert-OH is 1. The van der Waals surface area contributed by atoms with Crippen LogP contribution in [0.5, 0.6) is 5.88 Å². The molecule has 1 aliphatic heterocycles. The number of hydrogen-bond acceptors (Lipinski definition) is 6. The Morgan fingerprint density at radius 3 is 2.52 bits per heavy atom. The molecule has 178 valence electrons. The molecule has 1 aromatic carbocycles. The Bertz CT molecular complexity index is 1030. The van der Waals surface area contributed by atoms with Crippen molar-refractivity contribution < 1.29 is 28.2 Å². The van der Waals surface area contributed by atoms with Crippen LogP contribution in [0.15, 0.2) is 36.4 Å². The number of ether oxygens (including phenoxy) is 1.